The van der Waals surface area contributed by atoms with E-state index in [1.54, 1.807) is 0 Å². The molecular formula is C29H55NO11. The van der Waals surface area contributed by atoms with E-state index in [1.807, 2.05) is 0 Å². The highest BCUT2D eigenvalue weighted by Gasteiger charge is 2.04. The van der Waals surface area contributed by atoms with Crippen LogP contribution >= 0.6 is 0 Å². The second-order valence-electron chi connectivity index (χ2n) is 9.36. The van der Waals surface area contributed by atoms with E-state index in [9.17, 15) is 14.4 Å². The summed E-state index contributed by atoms with van der Waals surface area (Å²) < 4.78 is 37.7. The van der Waals surface area contributed by atoms with Gasteiger partial charge in [-0.25, -0.2) is 0 Å². The highest BCUT2D eigenvalue weighted by Crippen LogP contribution is 2.08. The molecule has 0 bridgehead atoms. The van der Waals surface area contributed by atoms with Gasteiger partial charge in [0.05, 0.1) is 79.1 Å². The first-order valence-electron chi connectivity index (χ1n) is 15.2. The van der Waals surface area contributed by atoms with Crippen molar-refractivity contribution in [3.63, 3.8) is 0 Å². The van der Waals surface area contributed by atoms with Gasteiger partial charge < -0.3 is 43.6 Å². The molecule has 0 aliphatic rings. The summed E-state index contributed by atoms with van der Waals surface area (Å²) in [5, 5.41) is 11.2. The van der Waals surface area contributed by atoms with Crippen LogP contribution in [0, 0.1) is 0 Å². The third kappa shape index (κ3) is 34.3. The number of unbranched alkanes of at least 4 members (excludes halogenated alkanes) is 6. The summed E-state index contributed by atoms with van der Waals surface area (Å²) in [7, 11) is 0. The summed E-state index contributed by atoms with van der Waals surface area (Å²) in [6, 6.07) is 0. The molecule has 0 aromatic heterocycles. The van der Waals surface area contributed by atoms with Crippen LogP contribution in [0.1, 0.15) is 77.6 Å². The Kier molecular flexibility index (Phi) is 31.2. The van der Waals surface area contributed by atoms with Crippen molar-refractivity contribution >= 4 is 17.8 Å². The van der Waals surface area contributed by atoms with Gasteiger partial charge in [0.2, 0.25) is 5.91 Å². The van der Waals surface area contributed by atoms with Gasteiger partial charge in [0.15, 0.2) is 0 Å². The van der Waals surface area contributed by atoms with Gasteiger partial charge in [0, 0.05) is 26.0 Å². The van der Waals surface area contributed by atoms with Crippen molar-refractivity contribution in [2.24, 2.45) is 0 Å². The van der Waals surface area contributed by atoms with Crippen LogP contribution in [0.25, 0.3) is 0 Å². The zero-order valence-electron chi connectivity index (χ0n) is 25.2. The molecule has 2 N–H and O–H groups in total. The summed E-state index contributed by atoms with van der Waals surface area (Å²) in [6.07, 6.45) is 9.23. The Morgan fingerprint density at radius 2 is 0.951 bits per heavy atom. The molecule has 0 saturated heterocycles. The topological polar surface area (TPSA) is 148 Å². The molecule has 0 aromatic carbocycles. The minimum atomic E-state index is -0.982. The van der Waals surface area contributed by atoms with Gasteiger partial charge >= 0.3 is 11.9 Å². The number of nitrogens with one attached hydrogen (secondary N) is 1. The molecule has 1 amide bonds. The lowest BCUT2D eigenvalue weighted by molar-refractivity contribution is -0.145. The Morgan fingerprint density at radius 1 is 0.512 bits per heavy atom. The van der Waals surface area contributed by atoms with E-state index < -0.39 is 5.97 Å². The summed E-state index contributed by atoms with van der Waals surface area (Å²) in [5.74, 6) is -1.40. The third-order valence-electron chi connectivity index (χ3n) is 5.69. The van der Waals surface area contributed by atoms with Gasteiger partial charge in [-0.1, -0.05) is 45.4 Å². The quantitative estimate of drug-likeness (QED) is 0.0854. The third-order valence-corrected chi connectivity index (χ3v) is 5.69. The zero-order valence-corrected chi connectivity index (χ0v) is 25.2. The second-order valence-corrected chi connectivity index (χ2v) is 9.36. The zero-order chi connectivity index (χ0) is 30.1. The maximum absolute atomic E-state index is 11.7. The van der Waals surface area contributed by atoms with Crippen LogP contribution in [0.5, 0.6) is 0 Å². The fraction of sp³-hybridized carbons (Fsp3) is 0.897. The molecule has 0 rings (SSSR count). The molecule has 0 radical (unpaired) electrons. The van der Waals surface area contributed by atoms with Crippen LogP contribution < -0.4 is 5.32 Å². The van der Waals surface area contributed by atoms with Gasteiger partial charge in [-0.3, -0.25) is 14.4 Å². The predicted molar refractivity (Wildman–Crippen MR) is 153 cm³/mol. The maximum atomic E-state index is 11.7. The summed E-state index contributed by atoms with van der Waals surface area (Å²) in [5.41, 5.74) is 0. The van der Waals surface area contributed by atoms with Gasteiger partial charge in [0.25, 0.3) is 0 Å². The Morgan fingerprint density at radius 3 is 1.44 bits per heavy atom. The number of ether oxygens (including phenoxy) is 7. The lowest BCUT2D eigenvalue weighted by Crippen LogP contribution is -2.25. The molecule has 12 nitrogen and oxygen atoms in total. The van der Waals surface area contributed by atoms with Crippen LogP contribution in [-0.4, -0.2) is 115 Å². The standard InChI is InChI=1S/C29H55NO11/c1-2-3-4-5-6-7-8-10-29(34)41-26-25-40-24-23-39-22-21-38-20-19-37-18-17-36-16-15-35-14-9-13-30-27(31)11-12-28(32)33/h2-26H2,1H3,(H,30,31)(H,32,33). The molecule has 0 aromatic rings. The number of aliphatic carboxylic acids is 1. The summed E-state index contributed by atoms with van der Waals surface area (Å²) in [4.78, 5) is 33.4. The fourth-order valence-electron chi connectivity index (χ4n) is 3.43. The first-order valence-corrected chi connectivity index (χ1v) is 15.2. The molecule has 0 unspecified atom stereocenters. The minimum absolute atomic E-state index is 0.00894. The average molecular weight is 594 g/mol. The SMILES string of the molecule is CCCCCCCCCC(=O)OCCOCCOCCOCCOCCOCCOCCCNC(=O)CCC(=O)O. The van der Waals surface area contributed by atoms with E-state index in [4.69, 9.17) is 38.3 Å². The number of hydrogen-bond donors (Lipinski definition) is 2. The van der Waals surface area contributed by atoms with Crippen LogP contribution in [0.2, 0.25) is 0 Å². The molecule has 0 saturated carbocycles. The number of hydrogen-bond acceptors (Lipinski definition) is 10. The Bertz CT molecular complexity index is 607. The lowest BCUT2D eigenvalue weighted by Gasteiger charge is -2.09. The summed E-state index contributed by atoms with van der Waals surface area (Å²) in [6.45, 7) is 8.42. The predicted octanol–water partition coefficient (Wildman–Crippen LogP) is 3.14. The molecule has 0 heterocycles. The highest BCUT2D eigenvalue weighted by molar-refractivity contribution is 5.80. The van der Waals surface area contributed by atoms with Crippen LogP contribution in [-0.2, 0) is 47.5 Å². The number of esters is 1. The minimum Gasteiger partial charge on any atom is -0.481 e. The molecule has 0 aliphatic heterocycles. The Balaban J connectivity index is 3.15. The van der Waals surface area contributed by atoms with Crippen molar-refractivity contribution < 1.29 is 52.6 Å². The van der Waals surface area contributed by atoms with Gasteiger partial charge in [-0.15, -0.1) is 0 Å². The normalized spacial score (nSPS) is 11.0. The van der Waals surface area contributed by atoms with E-state index in [-0.39, 0.29) is 31.3 Å². The smallest absolute Gasteiger partial charge is 0.305 e. The Labute approximate surface area is 246 Å². The van der Waals surface area contributed by atoms with Crippen molar-refractivity contribution in [1.29, 1.82) is 0 Å². The lowest BCUT2D eigenvalue weighted by atomic mass is 10.1. The van der Waals surface area contributed by atoms with Crippen molar-refractivity contribution in [2.75, 3.05) is 92.4 Å². The number of amides is 1. The van der Waals surface area contributed by atoms with E-state index in [0.29, 0.717) is 98.7 Å². The van der Waals surface area contributed by atoms with Crippen LogP contribution in [0.15, 0.2) is 0 Å². The van der Waals surface area contributed by atoms with Crippen molar-refractivity contribution in [3.05, 3.63) is 0 Å². The van der Waals surface area contributed by atoms with Crippen molar-refractivity contribution in [3.8, 4) is 0 Å². The van der Waals surface area contributed by atoms with Gasteiger partial charge in [0.1, 0.15) is 6.61 Å². The van der Waals surface area contributed by atoms with Crippen molar-refractivity contribution in [1.82, 2.24) is 5.32 Å². The monoisotopic (exact) mass is 593 g/mol. The maximum Gasteiger partial charge on any atom is 0.305 e. The molecule has 12 heteroatoms. The number of carboxylic acid groups (broad SMARTS) is 1. The van der Waals surface area contributed by atoms with Gasteiger partial charge in [-0.2, -0.15) is 0 Å². The Hall–Kier alpha value is -1.83. The molecule has 0 fully saturated rings. The molecular weight excluding hydrogens is 538 g/mol. The first-order chi connectivity index (χ1) is 20.1. The van der Waals surface area contributed by atoms with Crippen LogP contribution in [0.4, 0.5) is 0 Å². The van der Waals surface area contributed by atoms with Crippen molar-refractivity contribution in [2.45, 2.75) is 77.6 Å². The average Bonchev–Trinajstić information content (AvgIpc) is 2.96. The number of carbonyl (C=O) groups excluding carboxylic acids is 2. The molecule has 0 atom stereocenters. The van der Waals surface area contributed by atoms with E-state index in [2.05, 4.69) is 12.2 Å². The van der Waals surface area contributed by atoms with E-state index in [1.165, 1.54) is 32.1 Å². The fourth-order valence-corrected chi connectivity index (χ4v) is 3.43. The van der Waals surface area contributed by atoms with Gasteiger partial charge in [-0.05, 0) is 12.8 Å². The molecule has 242 valence electrons. The first kappa shape index (κ1) is 39.2. The number of rotatable bonds is 33. The highest BCUT2D eigenvalue weighted by atomic mass is 16.6. The van der Waals surface area contributed by atoms with E-state index >= 15 is 0 Å². The largest absolute Gasteiger partial charge is 0.481 e. The number of carboxylic acids is 1. The summed E-state index contributed by atoms with van der Waals surface area (Å²) >= 11 is 0. The van der Waals surface area contributed by atoms with E-state index in [0.717, 1.165) is 12.8 Å². The van der Waals surface area contributed by atoms with Crippen LogP contribution in [0.3, 0.4) is 0 Å². The molecule has 0 aliphatic carbocycles. The molecule has 41 heavy (non-hydrogen) atoms. The second kappa shape index (κ2) is 32.7. The number of carbonyl (C=O) groups is 3. The molecule has 0 spiro atoms.